The Balaban J connectivity index is 2.34. The van der Waals surface area contributed by atoms with E-state index in [-0.39, 0.29) is 16.8 Å². The molecule has 0 aliphatic rings. The van der Waals surface area contributed by atoms with Gasteiger partial charge in [0.2, 0.25) is 5.88 Å². The number of anilines is 1. The summed E-state index contributed by atoms with van der Waals surface area (Å²) in [6.45, 7) is 3.90. The van der Waals surface area contributed by atoms with Crippen LogP contribution in [0.5, 0.6) is 11.6 Å². The van der Waals surface area contributed by atoms with E-state index in [2.05, 4.69) is 15.4 Å². The Morgan fingerprint density at radius 2 is 2.05 bits per heavy atom. The number of hydrazine groups is 1. The van der Waals surface area contributed by atoms with Gasteiger partial charge in [-0.25, -0.2) is 15.2 Å². The fraction of sp³-hybridized carbons (Fsp3) is 0.231. The van der Waals surface area contributed by atoms with Gasteiger partial charge in [0.15, 0.2) is 0 Å². The fourth-order valence-corrected chi connectivity index (χ4v) is 1.70. The highest BCUT2D eigenvalue weighted by atomic mass is 35.5. The molecule has 7 heteroatoms. The third kappa shape index (κ3) is 3.34. The summed E-state index contributed by atoms with van der Waals surface area (Å²) in [7, 11) is 0. The van der Waals surface area contributed by atoms with Gasteiger partial charge in [0, 0.05) is 12.0 Å². The molecule has 5 nitrogen and oxygen atoms in total. The predicted molar refractivity (Wildman–Crippen MR) is 75.4 cm³/mol. The number of rotatable bonds is 4. The lowest BCUT2D eigenvalue weighted by Gasteiger charge is -2.11. The van der Waals surface area contributed by atoms with E-state index in [0.717, 1.165) is 0 Å². The number of nitrogens with one attached hydrogen (secondary N) is 1. The van der Waals surface area contributed by atoms with E-state index in [9.17, 15) is 4.39 Å². The minimum atomic E-state index is -0.433. The zero-order valence-electron chi connectivity index (χ0n) is 11.0. The van der Waals surface area contributed by atoms with Crippen LogP contribution in [0, 0.1) is 5.82 Å². The molecule has 0 aliphatic carbocycles. The third-order valence-corrected chi connectivity index (χ3v) is 2.79. The van der Waals surface area contributed by atoms with Crippen LogP contribution in [0.1, 0.15) is 25.6 Å². The summed E-state index contributed by atoms with van der Waals surface area (Å²) in [4.78, 5) is 8.47. The molecule has 0 fully saturated rings. The van der Waals surface area contributed by atoms with Crippen LogP contribution in [0.2, 0.25) is 5.02 Å². The Bertz CT molecular complexity index is 621. The van der Waals surface area contributed by atoms with Crippen molar-refractivity contribution >= 4 is 17.4 Å². The smallest absolute Gasteiger partial charge is 0.224 e. The second-order valence-corrected chi connectivity index (χ2v) is 4.83. The normalized spacial score (nSPS) is 10.7. The molecule has 2 aromatic rings. The number of nitrogens with two attached hydrogens (primary N) is 1. The van der Waals surface area contributed by atoms with Gasteiger partial charge in [-0.15, -0.1) is 0 Å². The molecule has 2 rings (SSSR count). The minimum Gasteiger partial charge on any atom is -0.437 e. The number of aromatic nitrogens is 2. The van der Waals surface area contributed by atoms with Crippen LogP contribution < -0.4 is 16.0 Å². The SMILES string of the molecule is CC(C)c1nc(NN)cc(Oc2ccc(F)cc2Cl)n1. The fourth-order valence-electron chi connectivity index (χ4n) is 1.50. The minimum absolute atomic E-state index is 0.106. The first kappa shape index (κ1) is 14.5. The van der Waals surface area contributed by atoms with Gasteiger partial charge >= 0.3 is 0 Å². The lowest BCUT2D eigenvalue weighted by atomic mass is 10.2. The van der Waals surface area contributed by atoms with Crippen molar-refractivity contribution in [1.82, 2.24) is 9.97 Å². The van der Waals surface area contributed by atoms with Crippen LogP contribution in [0.15, 0.2) is 24.3 Å². The van der Waals surface area contributed by atoms with Crippen molar-refractivity contribution in [3.63, 3.8) is 0 Å². The molecule has 1 aromatic carbocycles. The van der Waals surface area contributed by atoms with Gasteiger partial charge in [0.05, 0.1) is 5.02 Å². The largest absolute Gasteiger partial charge is 0.437 e. The molecule has 1 aromatic heterocycles. The second kappa shape index (κ2) is 6.02. The quantitative estimate of drug-likeness (QED) is 0.667. The maximum atomic E-state index is 13.0. The number of nitrogens with zero attached hydrogens (tertiary/aromatic N) is 2. The van der Waals surface area contributed by atoms with Crippen LogP contribution in [0.3, 0.4) is 0 Å². The Hall–Kier alpha value is -1.92. The van der Waals surface area contributed by atoms with Crippen LogP contribution in [0.4, 0.5) is 10.2 Å². The van der Waals surface area contributed by atoms with Crippen molar-refractivity contribution in [1.29, 1.82) is 0 Å². The van der Waals surface area contributed by atoms with E-state index in [1.807, 2.05) is 13.8 Å². The van der Waals surface area contributed by atoms with Crippen LogP contribution >= 0.6 is 11.6 Å². The average molecular weight is 297 g/mol. The zero-order valence-corrected chi connectivity index (χ0v) is 11.8. The van der Waals surface area contributed by atoms with Gasteiger partial charge in [-0.2, -0.15) is 4.98 Å². The molecule has 0 bridgehead atoms. The van der Waals surface area contributed by atoms with Gasteiger partial charge in [0.1, 0.15) is 23.2 Å². The van der Waals surface area contributed by atoms with Gasteiger partial charge < -0.3 is 10.2 Å². The summed E-state index contributed by atoms with van der Waals surface area (Å²) in [6.07, 6.45) is 0. The average Bonchev–Trinajstić information content (AvgIpc) is 2.41. The van der Waals surface area contributed by atoms with Crippen molar-refractivity contribution in [3.05, 3.63) is 40.9 Å². The van der Waals surface area contributed by atoms with Crippen molar-refractivity contribution in [2.24, 2.45) is 5.84 Å². The molecular formula is C13H14ClFN4O. The molecule has 0 atom stereocenters. The summed E-state index contributed by atoms with van der Waals surface area (Å²) in [5.74, 6) is 6.63. The topological polar surface area (TPSA) is 73.1 Å². The van der Waals surface area contributed by atoms with Gasteiger partial charge in [0.25, 0.3) is 0 Å². The molecule has 0 saturated carbocycles. The van der Waals surface area contributed by atoms with Crippen molar-refractivity contribution in [3.8, 4) is 11.6 Å². The maximum absolute atomic E-state index is 13.0. The van der Waals surface area contributed by atoms with E-state index in [1.54, 1.807) is 0 Å². The number of benzene rings is 1. The first-order chi connectivity index (χ1) is 9.49. The monoisotopic (exact) mass is 296 g/mol. The van der Waals surface area contributed by atoms with Gasteiger partial charge in [-0.1, -0.05) is 25.4 Å². The number of halogens is 2. The molecule has 0 radical (unpaired) electrons. The Labute approximate surface area is 120 Å². The summed E-state index contributed by atoms with van der Waals surface area (Å²) in [5, 5.41) is 0.164. The zero-order chi connectivity index (χ0) is 14.7. The first-order valence-corrected chi connectivity index (χ1v) is 6.36. The number of hydrogen-bond donors (Lipinski definition) is 2. The lowest BCUT2D eigenvalue weighted by Crippen LogP contribution is -2.11. The number of nitrogen functional groups attached to an aromatic ring is 1. The van der Waals surface area contributed by atoms with Crippen molar-refractivity contribution in [2.45, 2.75) is 19.8 Å². The van der Waals surface area contributed by atoms with Crippen molar-refractivity contribution in [2.75, 3.05) is 5.43 Å². The standard InChI is InChI=1S/C13H14ClFN4O/c1-7(2)13-17-11(19-16)6-12(18-13)20-10-4-3-8(15)5-9(10)14/h3-7H,16H2,1-2H3,(H,17,18,19). The van der Waals surface area contributed by atoms with Crippen molar-refractivity contribution < 1.29 is 9.13 Å². The summed E-state index contributed by atoms with van der Waals surface area (Å²) in [5.41, 5.74) is 2.45. The van der Waals surface area contributed by atoms with Crippen LogP contribution in [0.25, 0.3) is 0 Å². The molecule has 0 aliphatic heterocycles. The van der Waals surface area contributed by atoms with Crippen LogP contribution in [-0.2, 0) is 0 Å². The molecule has 0 spiro atoms. The second-order valence-electron chi connectivity index (χ2n) is 4.43. The Morgan fingerprint density at radius 1 is 1.30 bits per heavy atom. The molecule has 1 heterocycles. The van der Waals surface area contributed by atoms with E-state index in [0.29, 0.717) is 17.4 Å². The highest BCUT2D eigenvalue weighted by molar-refractivity contribution is 6.32. The van der Waals surface area contributed by atoms with Gasteiger partial charge in [-0.3, -0.25) is 0 Å². The van der Waals surface area contributed by atoms with Gasteiger partial charge in [-0.05, 0) is 18.2 Å². The van der Waals surface area contributed by atoms with E-state index >= 15 is 0 Å². The first-order valence-electron chi connectivity index (χ1n) is 5.98. The number of hydrogen-bond acceptors (Lipinski definition) is 5. The molecule has 0 saturated heterocycles. The van der Waals surface area contributed by atoms with E-state index in [4.69, 9.17) is 22.2 Å². The Kier molecular flexibility index (Phi) is 4.36. The molecule has 106 valence electrons. The summed E-state index contributed by atoms with van der Waals surface area (Å²) < 4.78 is 18.5. The third-order valence-electron chi connectivity index (χ3n) is 2.49. The highest BCUT2D eigenvalue weighted by Gasteiger charge is 2.11. The maximum Gasteiger partial charge on any atom is 0.224 e. The lowest BCUT2D eigenvalue weighted by molar-refractivity contribution is 0.456. The molecule has 0 amide bonds. The van der Waals surface area contributed by atoms with Crippen LogP contribution in [-0.4, -0.2) is 9.97 Å². The predicted octanol–water partition coefficient (Wildman–Crippen LogP) is 3.47. The highest BCUT2D eigenvalue weighted by Crippen LogP contribution is 2.30. The molecule has 3 N–H and O–H groups in total. The molecule has 0 unspecified atom stereocenters. The summed E-state index contributed by atoms with van der Waals surface area (Å²) >= 11 is 5.91. The Morgan fingerprint density at radius 3 is 2.65 bits per heavy atom. The number of ether oxygens (including phenoxy) is 1. The molecule has 20 heavy (non-hydrogen) atoms. The molecular weight excluding hydrogens is 283 g/mol. The van der Waals surface area contributed by atoms with E-state index in [1.165, 1.54) is 24.3 Å². The van der Waals surface area contributed by atoms with E-state index < -0.39 is 5.82 Å². The summed E-state index contributed by atoms with van der Waals surface area (Å²) in [6, 6.07) is 5.40.